The number of hydrogen-bond donors (Lipinski definition) is 0. The molecule has 1 aliphatic rings. The number of rotatable bonds is 1. The van der Waals surface area contributed by atoms with Crippen molar-refractivity contribution in [1.29, 1.82) is 0 Å². The second-order valence-corrected chi connectivity index (χ2v) is 9.54. The highest BCUT2D eigenvalue weighted by molar-refractivity contribution is 8.35. The molecule has 1 fully saturated rings. The van der Waals surface area contributed by atoms with Gasteiger partial charge in [0.2, 0.25) is 15.9 Å². The van der Waals surface area contributed by atoms with E-state index in [4.69, 9.17) is 0 Å². The van der Waals surface area contributed by atoms with Crippen LogP contribution in [-0.4, -0.2) is 42.6 Å². The zero-order valence-corrected chi connectivity index (χ0v) is 9.04. The number of amides is 1. The second kappa shape index (κ2) is 2.63. The minimum Gasteiger partial charge on any atom is -0.273 e. The highest BCUT2D eigenvalue weighted by Crippen LogP contribution is 2.45. The lowest BCUT2D eigenvalue weighted by Gasteiger charge is -2.34. The smallest absolute Gasteiger partial charge is 0.246 e. The normalized spacial score (nSPS) is 24.6. The molecule has 0 aromatic heterocycles. The summed E-state index contributed by atoms with van der Waals surface area (Å²) in [4.78, 5) is 11.2. The summed E-state index contributed by atoms with van der Waals surface area (Å²) in [6.07, 6.45) is 5.54. The summed E-state index contributed by atoms with van der Waals surface area (Å²) in [5, 5.41) is 0. The van der Waals surface area contributed by atoms with Crippen molar-refractivity contribution < 1.29 is 13.2 Å². The highest BCUT2D eigenvalue weighted by Gasteiger charge is 2.40. The Kier molecular flexibility index (Phi) is 2.16. The predicted molar refractivity (Wildman–Crippen MR) is 50.6 cm³/mol. The van der Waals surface area contributed by atoms with Crippen molar-refractivity contribution in [3.63, 3.8) is 0 Å². The van der Waals surface area contributed by atoms with Gasteiger partial charge < -0.3 is 0 Å². The van der Waals surface area contributed by atoms with Crippen LogP contribution < -0.4 is 0 Å². The number of hydrogen-bond acceptors (Lipinski definition) is 3. The van der Waals surface area contributed by atoms with Crippen LogP contribution in [0, 0.1) is 0 Å². The molecule has 0 bridgehead atoms. The van der Waals surface area contributed by atoms with Gasteiger partial charge in [0.05, 0.1) is 5.75 Å². The summed E-state index contributed by atoms with van der Waals surface area (Å²) in [5.74, 6) is -0.270. The van der Waals surface area contributed by atoms with Gasteiger partial charge in [0.25, 0.3) is 0 Å². The van der Waals surface area contributed by atoms with E-state index < -0.39 is 20.2 Å². The average molecular weight is 211 g/mol. The van der Waals surface area contributed by atoms with Crippen LogP contribution in [0.15, 0.2) is 0 Å². The van der Waals surface area contributed by atoms with Crippen LogP contribution in [0.3, 0.4) is 0 Å². The highest BCUT2D eigenvalue weighted by atomic mass is 32.3. The molecule has 0 unspecified atom stereocenters. The topological polar surface area (TPSA) is 54.5 Å². The molecule has 0 radical (unpaired) electrons. The molecule has 6 heteroatoms. The minimum atomic E-state index is -3.27. The first-order chi connectivity index (χ1) is 5.25. The van der Waals surface area contributed by atoms with Crippen LogP contribution >= 0.6 is 10.2 Å². The second-order valence-electron chi connectivity index (χ2n) is 3.46. The summed E-state index contributed by atoms with van der Waals surface area (Å²) in [6, 6.07) is 0. The fourth-order valence-electron chi connectivity index (χ4n) is 1.19. The lowest BCUT2D eigenvalue weighted by atomic mass is 10.5. The zero-order valence-electron chi connectivity index (χ0n) is 7.40. The van der Waals surface area contributed by atoms with Gasteiger partial charge in [-0.1, -0.05) is 0 Å². The first-order valence-corrected chi connectivity index (χ1v) is 7.92. The Morgan fingerprint density at radius 2 is 1.83 bits per heavy atom. The van der Waals surface area contributed by atoms with Gasteiger partial charge >= 0.3 is 0 Å². The molecule has 1 heterocycles. The molecular weight excluding hydrogens is 198 g/mol. The fraction of sp³-hybridized carbons (Fsp3) is 0.833. The largest absolute Gasteiger partial charge is 0.273 e. The van der Waals surface area contributed by atoms with Gasteiger partial charge in [-0.3, -0.25) is 4.79 Å². The molecule has 0 spiro atoms. The van der Waals surface area contributed by atoms with Crippen molar-refractivity contribution in [1.82, 2.24) is 3.71 Å². The van der Waals surface area contributed by atoms with E-state index in [1.807, 2.05) is 0 Å². The van der Waals surface area contributed by atoms with E-state index in [9.17, 15) is 13.2 Å². The molecular formula is C6H13NO3S2. The Morgan fingerprint density at radius 3 is 2.00 bits per heavy atom. The van der Waals surface area contributed by atoms with Crippen LogP contribution in [0.2, 0.25) is 0 Å². The standard InChI is InChI=1S/C6H13NO3S2/c1-11(2,3)7-6(8)4-5-12(7,9)10/h4-5H2,1-3H3. The summed E-state index contributed by atoms with van der Waals surface area (Å²) in [6.45, 7) is 0. The molecule has 0 saturated carbocycles. The molecule has 0 N–H and O–H groups in total. The average Bonchev–Trinajstić information content (AvgIpc) is 2.03. The summed E-state index contributed by atoms with van der Waals surface area (Å²) < 4.78 is 23.8. The summed E-state index contributed by atoms with van der Waals surface area (Å²) in [5.41, 5.74) is 0. The van der Waals surface area contributed by atoms with Gasteiger partial charge in [-0.05, 0) is 18.8 Å². The maximum absolute atomic E-state index is 11.3. The molecule has 4 nitrogen and oxygen atoms in total. The van der Waals surface area contributed by atoms with Crippen LogP contribution in [0.5, 0.6) is 0 Å². The van der Waals surface area contributed by atoms with Crippen molar-refractivity contribution in [3.8, 4) is 0 Å². The summed E-state index contributed by atoms with van der Waals surface area (Å²) in [7, 11) is -4.74. The maximum atomic E-state index is 11.3. The third-order valence-electron chi connectivity index (χ3n) is 1.53. The van der Waals surface area contributed by atoms with Crippen molar-refractivity contribution in [2.45, 2.75) is 6.42 Å². The third kappa shape index (κ3) is 1.59. The van der Waals surface area contributed by atoms with Crippen LogP contribution in [-0.2, 0) is 14.8 Å². The predicted octanol–water partition coefficient (Wildman–Crippen LogP) is 0.157. The maximum Gasteiger partial charge on any atom is 0.246 e. The fourth-order valence-corrected chi connectivity index (χ4v) is 5.84. The molecule has 1 amide bonds. The Balaban J connectivity index is 3.11. The first kappa shape index (κ1) is 9.85. The van der Waals surface area contributed by atoms with E-state index in [-0.39, 0.29) is 18.1 Å². The molecule has 12 heavy (non-hydrogen) atoms. The van der Waals surface area contributed by atoms with E-state index >= 15 is 0 Å². The monoisotopic (exact) mass is 211 g/mol. The van der Waals surface area contributed by atoms with Crippen LogP contribution in [0.1, 0.15) is 6.42 Å². The lowest BCUT2D eigenvalue weighted by Crippen LogP contribution is -2.31. The Bertz CT molecular complexity index is 301. The molecule has 1 saturated heterocycles. The minimum absolute atomic E-state index is 0.0178. The van der Waals surface area contributed by atoms with Crippen LogP contribution in [0.25, 0.3) is 0 Å². The molecule has 1 aliphatic heterocycles. The first-order valence-electron chi connectivity index (χ1n) is 3.49. The third-order valence-corrected chi connectivity index (χ3v) is 6.18. The van der Waals surface area contributed by atoms with E-state index in [2.05, 4.69) is 0 Å². The van der Waals surface area contributed by atoms with Crippen molar-refractivity contribution in [2.75, 3.05) is 24.5 Å². The van der Waals surface area contributed by atoms with E-state index in [0.29, 0.717) is 0 Å². The molecule has 0 atom stereocenters. The van der Waals surface area contributed by atoms with Gasteiger partial charge in [0, 0.05) is 6.42 Å². The lowest BCUT2D eigenvalue weighted by molar-refractivity contribution is -0.121. The number of carbonyl (C=O) groups is 1. The van der Waals surface area contributed by atoms with Gasteiger partial charge in [-0.15, -0.1) is 0 Å². The van der Waals surface area contributed by atoms with Gasteiger partial charge in [0.1, 0.15) is 0 Å². The van der Waals surface area contributed by atoms with Crippen molar-refractivity contribution in [3.05, 3.63) is 0 Å². The number of nitrogens with zero attached hydrogens (tertiary/aromatic N) is 1. The number of sulfonamides is 1. The van der Waals surface area contributed by atoms with Gasteiger partial charge in [-0.25, -0.2) is 8.42 Å². The molecule has 72 valence electrons. The molecule has 0 aliphatic carbocycles. The molecule has 1 rings (SSSR count). The van der Waals surface area contributed by atoms with E-state index in [0.717, 1.165) is 3.71 Å². The molecule has 0 aromatic carbocycles. The van der Waals surface area contributed by atoms with E-state index in [1.165, 1.54) is 0 Å². The van der Waals surface area contributed by atoms with Gasteiger partial charge in [0.15, 0.2) is 0 Å². The van der Waals surface area contributed by atoms with Crippen molar-refractivity contribution in [2.24, 2.45) is 0 Å². The van der Waals surface area contributed by atoms with E-state index in [1.54, 1.807) is 18.8 Å². The van der Waals surface area contributed by atoms with Gasteiger partial charge in [-0.2, -0.15) is 13.9 Å². The summed E-state index contributed by atoms with van der Waals surface area (Å²) >= 11 is 0. The van der Waals surface area contributed by atoms with Crippen LogP contribution in [0.4, 0.5) is 0 Å². The Labute approximate surface area is 74.4 Å². The Morgan fingerprint density at radius 1 is 1.33 bits per heavy atom. The molecule has 0 aromatic rings. The number of carbonyl (C=O) groups excluding carboxylic acids is 1. The zero-order chi connectivity index (χ0) is 9.57. The van der Waals surface area contributed by atoms with Crippen molar-refractivity contribution >= 4 is 26.1 Å². The quantitative estimate of drug-likeness (QED) is 0.620. The SMILES string of the molecule is CS(C)(C)N1C(=O)CCS1(=O)=O. The Hall–Kier alpha value is -0.230.